The van der Waals surface area contributed by atoms with Gasteiger partial charge in [-0.2, -0.15) is 0 Å². The molecular weight excluding hydrogens is 200 g/mol. The second-order valence-corrected chi connectivity index (χ2v) is 5.37. The zero-order chi connectivity index (χ0) is 12.0. The second-order valence-electron chi connectivity index (χ2n) is 5.37. The minimum Gasteiger partial charge on any atom is -0.390 e. The van der Waals surface area contributed by atoms with Gasteiger partial charge in [-0.3, -0.25) is 0 Å². The molecule has 1 unspecified atom stereocenters. The van der Waals surface area contributed by atoms with Crippen LogP contribution < -0.4 is 5.32 Å². The fourth-order valence-electron chi connectivity index (χ4n) is 2.31. The van der Waals surface area contributed by atoms with Gasteiger partial charge in [0.25, 0.3) is 0 Å². The average Bonchev–Trinajstić information content (AvgIpc) is 2.27. The molecule has 0 aromatic heterocycles. The van der Waals surface area contributed by atoms with Gasteiger partial charge in [-0.25, -0.2) is 0 Å². The van der Waals surface area contributed by atoms with Crippen molar-refractivity contribution in [2.75, 3.05) is 26.2 Å². The van der Waals surface area contributed by atoms with Gasteiger partial charge in [0.1, 0.15) is 0 Å². The van der Waals surface area contributed by atoms with E-state index in [1.807, 2.05) is 0 Å². The van der Waals surface area contributed by atoms with Crippen molar-refractivity contribution in [3.8, 4) is 0 Å². The van der Waals surface area contributed by atoms with Crippen LogP contribution in [0.15, 0.2) is 0 Å². The fraction of sp³-hybridized carbons (Fsp3) is 1.00. The SMILES string of the molecule is CCC1CCN(CC(O)CNC(C)C)CC1. The monoisotopic (exact) mass is 228 g/mol. The predicted molar refractivity (Wildman–Crippen MR) is 68.6 cm³/mol. The number of nitrogens with one attached hydrogen (secondary N) is 1. The third-order valence-electron chi connectivity index (χ3n) is 3.52. The number of aliphatic hydroxyl groups excluding tert-OH is 1. The normalized spacial score (nSPS) is 21.6. The van der Waals surface area contributed by atoms with Gasteiger partial charge >= 0.3 is 0 Å². The number of rotatable bonds is 6. The highest BCUT2D eigenvalue weighted by atomic mass is 16.3. The maximum atomic E-state index is 9.87. The highest BCUT2D eigenvalue weighted by Gasteiger charge is 2.19. The van der Waals surface area contributed by atoms with Crippen LogP contribution in [0.1, 0.15) is 40.0 Å². The van der Waals surface area contributed by atoms with Gasteiger partial charge in [-0.1, -0.05) is 27.2 Å². The maximum absolute atomic E-state index is 9.87. The highest BCUT2D eigenvalue weighted by molar-refractivity contribution is 4.74. The molecule has 1 heterocycles. The molecule has 3 heteroatoms. The summed E-state index contributed by atoms with van der Waals surface area (Å²) in [5.41, 5.74) is 0. The quantitative estimate of drug-likeness (QED) is 0.722. The molecule has 0 amide bonds. The largest absolute Gasteiger partial charge is 0.390 e. The molecule has 0 aliphatic carbocycles. The summed E-state index contributed by atoms with van der Waals surface area (Å²) in [6, 6.07) is 0.459. The minimum atomic E-state index is -0.222. The zero-order valence-corrected chi connectivity index (χ0v) is 11.1. The van der Waals surface area contributed by atoms with E-state index in [1.165, 1.54) is 19.3 Å². The zero-order valence-electron chi connectivity index (χ0n) is 11.1. The lowest BCUT2D eigenvalue weighted by Gasteiger charge is -2.32. The number of β-amino-alcohol motifs (C(OH)–C–C–N with tert-alkyl or cyclic N) is 1. The van der Waals surface area contributed by atoms with Crippen molar-refractivity contribution < 1.29 is 5.11 Å². The molecule has 1 rings (SSSR count). The number of piperidine rings is 1. The van der Waals surface area contributed by atoms with Crippen LogP contribution >= 0.6 is 0 Å². The Bertz CT molecular complexity index is 177. The lowest BCUT2D eigenvalue weighted by Crippen LogP contribution is -2.43. The van der Waals surface area contributed by atoms with Crippen LogP contribution in [-0.4, -0.2) is 48.3 Å². The van der Waals surface area contributed by atoms with Crippen LogP contribution in [0.3, 0.4) is 0 Å². The number of hydrogen-bond donors (Lipinski definition) is 2. The summed E-state index contributed by atoms with van der Waals surface area (Å²) in [4.78, 5) is 2.40. The molecule has 1 atom stereocenters. The Balaban J connectivity index is 2.13. The molecule has 1 aliphatic rings. The van der Waals surface area contributed by atoms with Crippen molar-refractivity contribution in [2.45, 2.75) is 52.2 Å². The molecule has 1 aliphatic heterocycles. The molecule has 0 spiro atoms. The van der Waals surface area contributed by atoms with Crippen LogP contribution in [0.2, 0.25) is 0 Å². The third-order valence-corrected chi connectivity index (χ3v) is 3.52. The van der Waals surface area contributed by atoms with Crippen LogP contribution in [0.25, 0.3) is 0 Å². The Kier molecular flexibility index (Phi) is 6.32. The van der Waals surface area contributed by atoms with Crippen molar-refractivity contribution in [2.24, 2.45) is 5.92 Å². The Labute approximate surface area is 100 Å². The molecule has 1 fully saturated rings. The molecular formula is C13H28N2O. The molecule has 0 bridgehead atoms. The van der Waals surface area contributed by atoms with E-state index in [0.717, 1.165) is 25.6 Å². The van der Waals surface area contributed by atoms with E-state index in [-0.39, 0.29) is 6.10 Å². The first-order valence-corrected chi connectivity index (χ1v) is 6.75. The Morgan fingerprint density at radius 1 is 1.31 bits per heavy atom. The van der Waals surface area contributed by atoms with Crippen molar-refractivity contribution >= 4 is 0 Å². The van der Waals surface area contributed by atoms with Gasteiger partial charge in [0.05, 0.1) is 6.10 Å². The summed E-state index contributed by atoms with van der Waals surface area (Å²) in [5.74, 6) is 0.919. The van der Waals surface area contributed by atoms with Crippen molar-refractivity contribution in [1.82, 2.24) is 10.2 Å². The molecule has 0 aromatic carbocycles. The maximum Gasteiger partial charge on any atom is 0.0791 e. The van der Waals surface area contributed by atoms with Gasteiger partial charge in [0.15, 0.2) is 0 Å². The van der Waals surface area contributed by atoms with E-state index in [0.29, 0.717) is 12.6 Å². The van der Waals surface area contributed by atoms with E-state index in [4.69, 9.17) is 0 Å². The summed E-state index contributed by atoms with van der Waals surface area (Å²) < 4.78 is 0. The third kappa shape index (κ3) is 5.28. The fourth-order valence-corrected chi connectivity index (χ4v) is 2.31. The van der Waals surface area contributed by atoms with Crippen molar-refractivity contribution in [3.63, 3.8) is 0 Å². The van der Waals surface area contributed by atoms with E-state index in [2.05, 4.69) is 31.0 Å². The highest BCUT2D eigenvalue weighted by Crippen LogP contribution is 2.19. The van der Waals surface area contributed by atoms with Crippen LogP contribution in [0, 0.1) is 5.92 Å². The summed E-state index contributed by atoms with van der Waals surface area (Å²) in [5, 5.41) is 13.1. The first-order chi connectivity index (χ1) is 7.61. The number of nitrogens with zero attached hydrogens (tertiary/aromatic N) is 1. The number of aliphatic hydroxyl groups is 1. The summed E-state index contributed by atoms with van der Waals surface area (Å²) >= 11 is 0. The Hall–Kier alpha value is -0.120. The average molecular weight is 228 g/mol. The van der Waals surface area contributed by atoms with Gasteiger partial charge in [-0.15, -0.1) is 0 Å². The first kappa shape index (κ1) is 13.9. The van der Waals surface area contributed by atoms with E-state index >= 15 is 0 Å². The molecule has 3 nitrogen and oxygen atoms in total. The van der Waals surface area contributed by atoms with Gasteiger partial charge in [0.2, 0.25) is 0 Å². The number of likely N-dealkylation sites (tertiary alicyclic amines) is 1. The van der Waals surface area contributed by atoms with E-state index < -0.39 is 0 Å². The molecule has 0 saturated carbocycles. The molecule has 0 radical (unpaired) electrons. The summed E-state index contributed by atoms with van der Waals surface area (Å²) in [6.07, 6.45) is 3.70. The van der Waals surface area contributed by atoms with Crippen LogP contribution in [0.4, 0.5) is 0 Å². The summed E-state index contributed by atoms with van der Waals surface area (Å²) in [7, 11) is 0. The molecule has 96 valence electrons. The van der Waals surface area contributed by atoms with Gasteiger partial charge in [-0.05, 0) is 31.8 Å². The summed E-state index contributed by atoms with van der Waals surface area (Å²) in [6.45, 7) is 10.4. The van der Waals surface area contributed by atoms with Gasteiger partial charge in [0, 0.05) is 19.1 Å². The second kappa shape index (κ2) is 7.25. The Morgan fingerprint density at radius 3 is 2.44 bits per heavy atom. The lowest BCUT2D eigenvalue weighted by molar-refractivity contribution is 0.0869. The number of hydrogen-bond acceptors (Lipinski definition) is 3. The first-order valence-electron chi connectivity index (χ1n) is 6.75. The smallest absolute Gasteiger partial charge is 0.0791 e. The molecule has 0 aromatic rings. The van der Waals surface area contributed by atoms with E-state index in [9.17, 15) is 5.11 Å². The predicted octanol–water partition coefficient (Wildman–Crippen LogP) is 1.47. The van der Waals surface area contributed by atoms with Crippen molar-refractivity contribution in [3.05, 3.63) is 0 Å². The van der Waals surface area contributed by atoms with Crippen LogP contribution in [0.5, 0.6) is 0 Å². The Morgan fingerprint density at radius 2 is 1.94 bits per heavy atom. The molecule has 1 saturated heterocycles. The minimum absolute atomic E-state index is 0.222. The lowest BCUT2D eigenvalue weighted by atomic mass is 9.94. The standard InChI is InChI=1S/C13H28N2O/c1-4-12-5-7-15(8-6-12)10-13(16)9-14-11(2)3/h11-14,16H,4-10H2,1-3H3. The van der Waals surface area contributed by atoms with Gasteiger partial charge < -0.3 is 15.3 Å². The van der Waals surface area contributed by atoms with E-state index in [1.54, 1.807) is 0 Å². The van der Waals surface area contributed by atoms with Crippen LogP contribution in [-0.2, 0) is 0 Å². The molecule has 16 heavy (non-hydrogen) atoms. The topological polar surface area (TPSA) is 35.5 Å². The molecule has 2 N–H and O–H groups in total. The van der Waals surface area contributed by atoms with Crippen molar-refractivity contribution in [1.29, 1.82) is 0 Å².